The van der Waals surface area contributed by atoms with E-state index in [1.165, 1.54) is 28.3 Å². The van der Waals surface area contributed by atoms with Gasteiger partial charge in [-0.3, -0.25) is 24.3 Å². The lowest BCUT2D eigenvalue weighted by Crippen LogP contribution is -2.28. The molecular weight excluding hydrogens is 368 g/mol. The standard InChI is InChI=1S/C18H18N4O4S/c1-9-5-13(14(22(25)26)6-10(9)2)20-15(23)7-21-8-19-17-16(18(21)24)11(3)12(4)27-17/h5-6,8H,7H2,1-4H3,(H,20,23). The fraction of sp³-hybridized carbons (Fsp3) is 0.278. The SMILES string of the molecule is Cc1cc(NC(=O)Cn2cnc3sc(C)c(C)c3c2=O)c([N+](=O)[O-])cc1C. The van der Waals surface area contributed by atoms with Crippen LogP contribution in [0.3, 0.4) is 0 Å². The first kappa shape index (κ1) is 18.7. The van der Waals surface area contributed by atoms with Crippen molar-refractivity contribution in [2.45, 2.75) is 34.2 Å². The van der Waals surface area contributed by atoms with Gasteiger partial charge in [0, 0.05) is 10.9 Å². The predicted molar refractivity (Wildman–Crippen MR) is 105 cm³/mol. The van der Waals surface area contributed by atoms with Crippen LogP contribution in [0, 0.1) is 37.8 Å². The molecular formula is C18H18N4O4S. The van der Waals surface area contributed by atoms with E-state index in [4.69, 9.17) is 0 Å². The van der Waals surface area contributed by atoms with E-state index in [0.29, 0.717) is 10.2 Å². The third kappa shape index (κ3) is 3.45. The number of amides is 1. The second kappa shape index (κ2) is 6.92. The molecule has 0 radical (unpaired) electrons. The number of fused-ring (bicyclic) bond motifs is 1. The molecule has 0 bridgehead atoms. The monoisotopic (exact) mass is 386 g/mol. The molecule has 0 spiro atoms. The minimum atomic E-state index is -0.542. The van der Waals surface area contributed by atoms with Crippen LogP contribution in [0.5, 0.6) is 0 Å². The lowest BCUT2D eigenvalue weighted by molar-refractivity contribution is -0.384. The molecule has 0 aliphatic heterocycles. The van der Waals surface area contributed by atoms with E-state index in [2.05, 4.69) is 10.3 Å². The summed E-state index contributed by atoms with van der Waals surface area (Å²) in [5.74, 6) is -0.533. The molecule has 0 atom stereocenters. The van der Waals surface area contributed by atoms with Gasteiger partial charge in [-0.05, 0) is 50.5 Å². The summed E-state index contributed by atoms with van der Waals surface area (Å²) in [5, 5.41) is 14.3. The zero-order chi connectivity index (χ0) is 19.9. The number of nitro groups is 1. The van der Waals surface area contributed by atoms with Gasteiger partial charge < -0.3 is 5.32 Å². The molecule has 0 unspecified atom stereocenters. The van der Waals surface area contributed by atoms with E-state index in [0.717, 1.165) is 21.6 Å². The molecule has 8 nitrogen and oxygen atoms in total. The Bertz CT molecular complexity index is 1150. The molecule has 1 N–H and O–H groups in total. The average molecular weight is 386 g/mol. The molecule has 9 heteroatoms. The van der Waals surface area contributed by atoms with Crippen molar-refractivity contribution in [1.82, 2.24) is 9.55 Å². The molecule has 1 aromatic carbocycles. The number of nitrogens with zero attached hydrogens (tertiary/aromatic N) is 3. The Kier molecular flexibility index (Phi) is 4.79. The quantitative estimate of drug-likeness (QED) is 0.547. The molecule has 0 fully saturated rings. The van der Waals surface area contributed by atoms with Crippen LogP contribution in [0.4, 0.5) is 11.4 Å². The van der Waals surface area contributed by atoms with Crippen molar-refractivity contribution in [3.05, 3.63) is 60.5 Å². The van der Waals surface area contributed by atoms with Crippen LogP contribution in [0.1, 0.15) is 21.6 Å². The summed E-state index contributed by atoms with van der Waals surface area (Å²) in [5.41, 5.74) is 2.06. The molecule has 1 amide bonds. The molecule has 2 aromatic heterocycles. The number of carbonyl (C=O) groups is 1. The largest absolute Gasteiger partial charge is 0.319 e. The molecule has 3 rings (SSSR count). The van der Waals surface area contributed by atoms with Crippen molar-refractivity contribution < 1.29 is 9.72 Å². The molecule has 0 aliphatic carbocycles. The van der Waals surface area contributed by atoms with Crippen molar-refractivity contribution in [3.63, 3.8) is 0 Å². The number of carbonyl (C=O) groups excluding carboxylic acids is 1. The van der Waals surface area contributed by atoms with Crippen LogP contribution in [0.15, 0.2) is 23.3 Å². The van der Waals surface area contributed by atoms with Crippen LogP contribution >= 0.6 is 11.3 Å². The van der Waals surface area contributed by atoms with Gasteiger partial charge in [0.25, 0.3) is 11.2 Å². The summed E-state index contributed by atoms with van der Waals surface area (Å²) in [7, 11) is 0. The summed E-state index contributed by atoms with van der Waals surface area (Å²) in [6, 6.07) is 2.98. The second-order valence-electron chi connectivity index (χ2n) is 6.40. The highest BCUT2D eigenvalue weighted by molar-refractivity contribution is 7.18. The first-order valence-corrected chi connectivity index (χ1v) is 9.01. The van der Waals surface area contributed by atoms with E-state index >= 15 is 0 Å². The second-order valence-corrected chi connectivity index (χ2v) is 7.60. The Labute approximate surface area is 158 Å². The van der Waals surface area contributed by atoms with E-state index in [1.54, 1.807) is 19.9 Å². The van der Waals surface area contributed by atoms with Gasteiger partial charge in [-0.25, -0.2) is 4.98 Å². The van der Waals surface area contributed by atoms with Crippen LogP contribution in [0.25, 0.3) is 10.2 Å². The predicted octanol–water partition coefficient (Wildman–Crippen LogP) is 3.24. The number of nitro benzene ring substituents is 1. The summed E-state index contributed by atoms with van der Waals surface area (Å²) < 4.78 is 1.21. The van der Waals surface area contributed by atoms with Crippen LogP contribution in [0.2, 0.25) is 0 Å². The first-order valence-electron chi connectivity index (χ1n) is 8.19. The smallest absolute Gasteiger partial charge is 0.293 e. The molecule has 140 valence electrons. The molecule has 0 saturated carbocycles. The molecule has 3 aromatic rings. The van der Waals surface area contributed by atoms with Gasteiger partial charge in [0.2, 0.25) is 5.91 Å². The minimum absolute atomic E-state index is 0.109. The van der Waals surface area contributed by atoms with Crippen LogP contribution < -0.4 is 10.9 Å². The minimum Gasteiger partial charge on any atom is -0.319 e. The summed E-state index contributed by atoms with van der Waals surface area (Å²) in [6.07, 6.45) is 1.33. The van der Waals surface area contributed by atoms with E-state index in [1.807, 2.05) is 13.8 Å². The van der Waals surface area contributed by atoms with E-state index in [9.17, 15) is 19.7 Å². The van der Waals surface area contributed by atoms with Crippen LogP contribution in [-0.4, -0.2) is 20.4 Å². The number of hydrogen-bond acceptors (Lipinski definition) is 6. The fourth-order valence-electron chi connectivity index (χ4n) is 2.78. The first-order chi connectivity index (χ1) is 12.7. The summed E-state index contributed by atoms with van der Waals surface area (Å²) in [6.45, 7) is 7.05. The number of aromatic nitrogens is 2. The number of anilines is 1. The Morgan fingerprint density at radius 3 is 2.59 bits per heavy atom. The zero-order valence-corrected chi connectivity index (χ0v) is 16.1. The molecule has 0 aliphatic rings. The molecule has 27 heavy (non-hydrogen) atoms. The van der Waals surface area contributed by atoms with Gasteiger partial charge in [0.05, 0.1) is 16.6 Å². The average Bonchev–Trinajstić information content (AvgIpc) is 2.88. The summed E-state index contributed by atoms with van der Waals surface area (Å²) in [4.78, 5) is 41.7. The van der Waals surface area contributed by atoms with Gasteiger partial charge in [0.1, 0.15) is 17.1 Å². The van der Waals surface area contributed by atoms with Crippen molar-refractivity contribution in [2.24, 2.45) is 0 Å². The number of thiophene rings is 1. The van der Waals surface area contributed by atoms with Crippen LogP contribution in [-0.2, 0) is 11.3 Å². The summed E-state index contributed by atoms with van der Waals surface area (Å²) >= 11 is 1.43. The molecule has 0 saturated heterocycles. The fourth-order valence-corrected chi connectivity index (χ4v) is 3.77. The third-order valence-corrected chi connectivity index (χ3v) is 5.67. The lowest BCUT2D eigenvalue weighted by Gasteiger charge is -2.10. The Morgan fingerprint density at radius 1 is 1.26 bits per heavy atom. The third-order valence-electron chi connectivity index (χ3n) is 4.55. The van der Waals surface area contributed by atoms with Gasteiger partial charge >= 0.3 is 0 Å². The Balaban J connectivity index is 1.91. The zero-order valence-electron chi connectivity index (χ0n) is 15.3. The van der Waals surface area contributed by atoms with Gasteiger partial charge in [0.15, 0.2) is 0 Å². The number of aryl methyl sites for hydroxylation is 4. The maximum absolute atomic E-state index is 12.7. The van der Waals surface area contributed by atoms with Gasteiger partial charge in [-0.1, -0.05) is 0 Å². The highest BCUT2D eigenvalue weighted by Crippen LogP contribution is 2.28. The lowest BCUT2D eigenvalue weighted by atomic mass is 10.1. The van der Waals surface area contributed by atoms with E-state index in [-0.39, 0.29) is 23.5 Å². The molecule has 2 heterocycles. The highest BCUT2D eigenvalue weighted by atomic mass is 32.1. The maximum atomic E-state index is 12.7. The van der Waals surface area contributed by atoms with Crippen molar-refractivity contribution >= 4 is 38.8 Å². The topological polar surface area (TPSA) is 107 Å². The highest BCUT2D eigenvalue weighted by Gasteiger charge is 2.19. The van der Waals surface area contributed by atoms with Gasteiger partial charge in [-0.15, -0.1) is 11.3 Å². The van der Waals surface area contributed by atoms with Crippen molar-refractivity contribution in [1.29, 1.82) is 0 Å². The Hall–Kier alpha value is -3.07. The Morgan fingerprint density at radius 2 is 1.93 bits per heavy atom. The van der Waals surface area contributed by atoms with Gasteiger partial charge in [-0.2, -0.15) is 0 Å². The number of hydrogen-bond donors (Lipinski definition) is 1. The number of rotatable bonds is 4. The number of nitrogens with one attached hydrogen (secondary N) is 1. The van der Waals surface area contributed by atoms with Crippen molar-refractivity contribution in [3.8, 4) is 0 Å². The maximum Gasteiger partial charge on any atom is 0.293 e. The van der Waals surface area contributed by atoms with E-state index < -0.39 is 10.8 Å². The normalized spacial score (nSPS) is 11.0. The number of benzene rings is 1. The van der Waals surface area contributed by atoms with Crippen molar-refractivity contribution in [2.75, 3.05) is 5.32 Å².